The maximum atomic E-state index is 12.4. The highest BCUT2D eigenvalue weighted by atomic mass is 16.4. The number of pyridine rings is 1. The number of carbonyl (C=O) groups is 2. The molecule has 0 aliphatic rings. The number of anilines is 1. The smallest absolute Gasteiger partial charge is 0.339 e. The van der Waals surface area contributed by atoms with Crippen LogP contribution in [-0.4, -0.2) is 22.0 Å². The van der Waals surface area contributed by atoms with E-state index in [0.717, 1.165) is 16.3 Å². The normalized spacial score (nSPS) is 11.3. The average molecular weight is 332 g/mol. The minimum absolute atomic E-state index is 0.0469. The Morgan fingerprint density at radius 3 is 2.60 bits per heavy atom. The zero-order chi connectivity index (χ0) is 17.8. The van der Waals surface area contributed by atoms with Crippen molar-refractivity contribution in [3.8, 4) is 0 Å². The lowest BCUT2D eigenvalue weighted by Gasteiger charge is -2.08. The number of aromatic carboxylic acids is 1. The second kappa shape index (κ2) is 6.97. The zero-order valence-electron chi connectivity index (χ0n) is 13.6. The Morgan fingerprint density at radius 2 is 1.84 bits per heavy atom. The third-order valence-electron chi connectivity index (χ3n) is 3.81. The number of nitrogens with one attached hydrogen (secondary N) is 1. The number of amides is 1. The fraction of sp³-hybridized carbons (Fsp3) is 0.0500. The monoisotopic (exact) mass is 332 g/mol. The van der Waals surface area contributed by atoms with E-state index in [9.17, 15) is 9.59 Å². The highest BCUT2D eigenvalue weighted by Crippen LogP contribution is 2.19. The number of fused-ring (bicyclic) bond motifs is 1. The Kier molecular flexibility index (Phi) is 4.57. The van der Waals surface area contributed by atoms with Crippen molar-refractivity contribution in [3.05, 3.63) is 77.6 Å². The lowest BCUT2D eigenvalue weighted by molar-refractivity contribution is -0.112. The van der Waals surface area contributed by atoms with Gasteiger partial charge in [0.2, 0.25) is 0 Å². The molecule has 0 spiro atoms. The predicted octanol–water partition coefficient (Wildman–Crippen LogP) is 3.98. The van der Waals surface area contributed by atoms with E-state index in [4.69, 9.17) is 5.11 Å². The molecule has 0 unspecified atom stereocenters. The Balaban J connectivity index is 1.84. The summed E-state index contributed by atoms with van der Waals surface area (Å²) >= 11 is 0. The van der Waals surface area contributed by atoms with Gasteiger partial charge in [-0.25, -0.2) is 4.79 Å². The summed E-state index contributed by atoms with van der Waals surface area (Å²) in [7, 11) is 0. The number of carbonyl (C=O) groups excluding carboxylic acids is 1. The van der Waals surface area contributed by atoms with Crippen molar-refractivity contribution >= 4 is 34.4 Å². The number of benzene rings is 2. The minimum Gasteiger partial charge on any atom is -0.478 e. The van der Waals surface area contributed by atoms with E-state index in [2.05, 4.69) is 10.3 Å². The molecule has 1 aromatic heterocycles. The van der Waals surface area contributed by atoms with Crippen LogP contribution in [0.5, 0.6) is 0 Å². The number of hydrogen-bond donors (Lipinski definition) is 2. The van der Waals surface area contributed by atoms with Gasteiger partial charge in [0.1, 0.15) is 5.56 Å². The number of hydrogen-bond acceptors (Lipinski definition) is 3. The molecule has 1 amide bonds. The standard InChI is InChI=1S/C20H16N2O3/c1-13(10-14-6-7-15-4-2-3-5-16(15)11-14)19(23)22-18-8-9-21-12-17(18)20(24)25/h2-12H,1H3,(H,24,25)(H,21,22,23). The molecule has 0 radical (unpaired) electrons. The van der Waals surface area contributed by atoms with Crippen LogP contribution >= 0.6 is 0 Å². The van der Waals surface area contributed by atoms with Gasteiger partial charge in [0.05, 0.1) is 5.69 Å². The molecule has 2 aromatic carbocycles. The molecule has 5 heteroatoms. The van der Waals surface area contributed by atoms with Gasteiger partial charge in [0.15, 0.2) is 0 Å². The molecular weight excluding hydrogens is 316 g/mol. The number of rotatable bonds is 4. The fourth-order valence-electron chi connectivity index (χ4n) is 2.51. The third kappa shape index (κ3) is 3.72. The Morgan fingerprint density at radius 1 is 1.08 bits per heavy atom. The number of nitrogens with zero attached hydrogens (tertiary/aromatic N) is 1. The van der Waals surface area contributed by atoms with Crippen LogP contribution in [0.4, 0.5) is 5.69 Å². The van der Waals surface area contributed by atoms with Crippen LogP contribution in [0, 0.1) is 0 Å². The topological polar surface area (TPSA) is 79.3 Å². The first-order chi connectivity index (χ1) is 12.0. The maximum absolute atomic E-state index is 12.4. The van der Waals surface area contributed by atoms with E-state index in [1.165, 1.54) is 18.5 Å². The molecule has 0 saturated heterocycles. The predicted molar refractivity (Wildman–Crippen MR) is 97.4 cm³/mol. The maximum Gasteiger partial charge on any atom is 0.339 e. The van der Waals surface area contributed by atoms with Crippen molar-refractivity contribution in [2.75, 3.05) is 5.32 Å². The first-order valence-corrected chi connectivity index (χ1v) is 7.70. The van der Waals surface area contributed by atoms with E-state index in [1.54, 1.807) is 13.0 Å². The molecule has 0 bridgehead atoms. The van der Waals surface area contributed by atoms with Crippen LogP contribution in [0.15, 0.2) is 66.5 Å². The van der Waals surface area contributed by atoms with Crippen molar-refractivity contribution in [1.82, 2.24) is 4.98 Å². The first kappa shape index (κ1) is 16.4. The average Bonchev–Trinajstić information content (AvgIpc) is 2.61. The highest BCUT2D eigenvalue weighted by Gasteiger charge is 2.13. The van der Waals surface area contributed by atoms with Crippen molar-refractivity contribution in [2.24, 2.45) is 0 Å². The van der Waals surface area contributed by atoms with E-state index in [-0.39, 0.29) is 17.2 Å². The minimum atomic E-state index is -1.14. The van der Waals surface area contributed by atoms with Gasteiger partial charge in [-0.2, -0.15) is 0 Å². The Hall–Kier alpha value is -3.47. The molecule has 0 saturated carbocycles. The van der Waals surface area contributed by atoms with Crippen LogP contribution in [0.2, 0.25) is 0 Å². The Labute approximate surface area is 144 Å². The summed E-state index contributed by atoms with van der Waals surface area (Å²) in [6, 6.07) is 15.4. The van der Waals surface area contributed by atoms with Crippen molar-refractivity contribution in [1.29, 1.82) is 0 Å². The quantitative estimate of drug-likeness (QED) is 0.708. The molecule has 0 aliphatic carbocycles. The summed E-state index contributed by atoms with van der Waals surface area (Å²) in [5, 5.41) is 14.0. The second-order valence-electron chi connectivity index (χ2n) is 5.61. The number of aromatic nitrogens is 1. The van der Waals surface area contributed by atoms with Crippen molar-refractivity contribution in [3.63, 3.8) is 0 Å². The molecule has 5 nitrogen and oxygen atoms in total. The van der Waals surface area contributed by atoms with Gasteiger partial charge in [-0.05, 0) is 41.5 Å². The van der Waals surface area contributed by atoms with E-state index >= 15 is 0 Å². The summed E-state index contributed by atoms with van der Waals surface area (Å²) < 4.78 is 0. The van der Waals surface area contributed by atoms with Gasteiger partial charge >= 0.3 is 5.97 Å². The molecule has 3 rings (SSSR count). The zero-order valence-corrected chi connectivity index (χ0v) is 13.6. The number of carboxylic acids is 1. The summed E-state index contributed by atoms with van der Waals surface area (Å²) in [6.07, 6.45) is 4.41. The first-order valence-electron chi connectivity index (χ1n) is 7.70. The summed E-state index contributed by atoms with van der Waals surface area (Å²) in [5.74, 6) is -1.50. The second-order valence-corrected chi connectivity index (χ2v) is 5.61. The van der Waals surface area contributed by atoms with Crippen LogP contribution in [-0.2, 0) is 4.79 Å². The Bertz CT molecular complexity index is 993. The van der Waals surface area contributed by atoms with Gasteiger partial charge in [-0.1, -0.05) is 36.4 Å². The molecule has 25 heavy (non-hydrogen) atoms. The lowest BCUT2D eigenvalue weighted by atomic mass is 10.1. The number of carboxylic acid groups (broad SMARTS) is 1. The molecule has 0 fully saturated rings. The van der Waals surface area contributed by atoms with Gasteiger partial charge in [-0.15, -0.1) is 0 Å². The SMILES string of the molecule is CC(=Cc1ccc2ccccc2c1)C(=O)Nc1ccncc1C(=O)O. The molecular formula is C20H16N2O3. The molecule has 124 valence electrons. The molecule has 0 atom stereocenters. The summed E-state index contributed by atoms with van der Waals surface area (Å²) in [4.78, 5) is 27.3. The van der Waals surface area contributed by atoms with Crippen molar-refractivity contribution < 1.29 is 14.7 Å². The van der Waals surface area contributed by atoms with E-state index in [1.807, 2.05) is 42.5 Å². The molecule has 1 heterocycles. The fourth-order valence-corrected chi connectivity index (χ4v) is 2.51. The molecule has 2 N–H and O–H groups in total. The van der Waals surface area contributed by atoms with Gasteiger partial charge in [-0.3, -0.25) is 9.78 Å². The summed E-state index contributed by atoms with van der Waals surface area (Å²) in [6.45, 7) is 1.69. The third-order valence-corrected chi connectivity index (χ3v) is 3.81. The van der Waals surface area contributed by atoms with Gasteiger partial charge in [0.25, 0.3) is 5.91 Å². The van der Waals surface area contributed by atoms with Gasteiger partial charge in [0, 0.05) is 18.0 Å². The lowest BCUT2D eigenvalue weighted by Crippen LogP contribution is -2.15. The molecule has 3 aromatic rings. The summed E-state index contributed by atoms with van der Waals surface area (Å²) in [5.41, 5.74) is 1.55. The van der Waals surface area contributed by atoms with Crippen LogP contribution in [0.25, 0.3) is 16.8 Å². The van der Waals surface area contributed by atoms with Crippen LogP contribution in [0.3, 0.4) is 0 Å². The van der Waals surface area contributed by atoms with Crippen LogP contribution < -0.4 is 5.32 Å². The van der Waals surface area contributed by atoms with E-state index in [0.29, 0.717) is 5.57 Å². The largest absolute Gasteiger partial charge is 0.478 e. The highest BCUT2D eigenvalue weighted by molar-refractivity contribution is 6.09. The molecule has 0 aliphatic heterocycles. The van der Waals surface area contributed by atoms with Gasteiger partial charge < -0.3 is 10.4 Å². The van der Waals surface area contributed by atoms with Crippen LogP contribution in [0.1, 0.15) is 22.8 Å². The van der Waals surface area contributed by atoms with E-state index < -0.39 is 5.97 Å². The van der Waals surface area contributed by atoms with Crippen molar-refractivity contribution in [2.45, 2.75) is 6.92 Å².